The Morgan fingerprint density at radius 1 is 1.15 bits per heavy atom. The average molecular weight is 436 g/mol. The Hall–Kier alpha value is -5.04. The van der Waals surface area contributed by atoms with E-state index in [1.165, 1.54) is 11.0 Å². The highest BCUT2D eigenvalue weighted by Crippen LogP contribution is 2.27. The van der Waals surface area contributed by atoms with Crippen LogP contribution < -0.4 is 10.1 Å². The first-order valence-corrected chi connectivity index (χ1v) is 9.93. The van der Waals surface area contributed by atoms with Crippen molar-refractivity contribution in [2.45, 2.75) is 6.61 Å². The van der Waals surface area contributed by atoms with Crippen molar-refractivity contribution in [2.75, 3.05) is 5.32 Å². The Morgan fingerprint density at radius 2 is 2.09 bits per heavy atom. The molecule has 2 heterocycles. The van der Waals surface area contributed by atoms with Crippen LogP contribution in [0.3, 0.4) is 0 Å². The van der Waals surface area contributed by atoms with Gasteiger partial charge in [0.15, 0.2) is 0 Å². The van der Waals surface area contributed by atoms with E-state index in [9.17, 15) is 4.79 Å². The molecule has 3 aromatic carbocycles. The van der Waals surface area contributed by atoms with Gasteiger partial charge in [-0.05, 0) is 64.5 Å². The number of aromatic nitrogens is 6. The topological polar surface area (TPSA) is 134 Å². The van der Waals surface area contributed by atoms with Crippen LogP contribution in [-0.2, 0) is 6.61 Å². The zero-order valence-corrected chi connectivity index (χ0v) is 17.1. The van der Waals surface area contributed by atoms with Gasteiger partial charge in [0.05, 0.1) is 23.3 Å². The van der Waals surface area contributed by atoms with Gasteiger partial charge in [-0.1, -0.05) is 12.1 Å². The van der Waals surface area contributed by atoms with Crippen LogP contribution in [0.1, 0.15) is 21.5 Å². The molecule has 0 aliphatic carbocycles. The van der Waals surface area contributed by atoms with Gasteiger partial charge in [-0.15, -0.1) is 5.10 Å². The zero-order valence-electron chi connectivity index (χ0n) is 17.1. The van der Waals surface area contributed by atoms with Gasteiger partial charge in [0.25, 0.3) is 5.91 Å². The van der Waals surface area contributed by atoms with E-state index in [0.29, 0.717) is 28.3 Å². The molecule has 2 aromatic heterocycles. The summed E-state index contributed by atoms with van der Waals surface area (Å²) in [7, 11) is 0. The molecule has 0 saturated carbocycles. The summed E-state index contributed by atoms with van der Waals surface area (Å²) in [6, 6.07) is 19.8. The number of hydrogen-bond acceptors (Lipinski definition) is 7. The molecule has 160 valence electrons. The van der Waals surface area contributed by atoms with Crippen molar-refractivity contribution in [1.29, 1.82) is 5.26 Å². The smallest absolute Gasteiger partial charge is 0.255 e. The van der Waals surface area contributed by atoms with E-state index in [2.05, 4.69) is 37.1 Å². The number of aromatic amines is 1. The predicted molar refractivity (Wildman–Crippen MR) is 119 cm³/mol. The first-order valence-electron chi connectivity index (χ1n) is 9.93. The van der Waals surface area contributed by atoms with Gasteiger partial charge < -0.3 is 10.1 Å². The molecule has 0 atom stereocenters. The number of H-pyrrole nitrogens is 1. The van der Waals surface area contributed by atoms with Crippen LogP contribution in [0, 0.1) is 11.3 Å². The number of benzene rings is 3. The molecule has 10 nitrogen and oxygen atoms in total. The number of rotatable bonds is 6. The highest BCUT2D eigenvalue weighted by atomic mass is 16.5. The number of nitrogens with zero attached hydrogens (tertiary/aromatic N) is 6. The summed E-state index contributed by atoms with van der Waals surface area (Å²) in [6.45, 7) is 0.251. The number of carbonyl (C=O) groups excluding carboxylic acids is 1. The van der Waals surface area contributed by atoms with Crippen LogP contribution in [0.5, 0.6) is 5.75 Å². The van der Waals surface area contributed by atoms with Gasteiger partial charge in [0.1, 0.15) is 24.4 Å². The maximum absolute atomic E-state index is 12.8. The van der Waals surface area contributed by atoms with E-state index in [-0.39, 0.29) is 12.5 Å². The first kappa shape index (κ1) is 19.9. The lowest BCUT2D eigenvalue weighted by molar-refractivity contribution is 0.102. The fourth-order valence-corrected chi connectivity index (χ4v) is 3.35. The van der Waals surface area contributed by atoms with E-state index in [1.807, 2.05) is 12.1 Å². The third-order valence-electron chi connectivity index (χ3n) is 4.97. The van der Waals surface area contributed by atoms with Crippen molar-refractivity contribution in [3.8, 4) is 17.5 Å². The number of ether oxygens (including phenoxy) is 1. The van der Waals surface area contributed by atoms with Crippen molar-refractivity contribution >= 4 is 22.5 Å². The molecule has 1 amide bonds. The van der Waals surface area contributed by atoms with Gasteiger partial charge >= 0.3 is 0 Å². The summed E-state index contributed by atoms with van der Waals surface area (Å²) in [5.41, 5.74) is 3.88. The van der Waals surface area contributed by atoms with Crippen LogP contribution in [0.2, 0.25) is 0 Å². The Balaban J connectivity index is 1.39. The Kier molecular flexibility index (Phi) is 5.19. The molecule has 10 heteroatoms. The molecule has 0 aliphatic heterocycles. The quantitative estimate of drug-likeness (QED) is 0.417. The van der Waals surface area contributed by atoms with E-state index < -0.39 is 0 Å². The largest absolute Gasteiger partial charge is 0.487 e. The second kappa shape index (κ2) is 8.60. The number of nitriles is 1. The Labute approximate surface area is 187 Å². The zero-order chi connectivity index (χ0) is 22.6. The maximum Gasteiger partial charge on any atom is 0.255 e. The molecule has 0 aliphatic rings. The number of carbonyl (C=O) groups is 1. The summed E-state index contributed by atoms with van der Waals surface area (Å²) in [5.74, 6) is 0.255. The molecule has 0 radical (unpaired) electrons. The lowest BCUT2D eigenvalue weighted by Gasteiger charge is -2.13. The first-order chi connectivity index (χ1) is 16.2. The van der Waals surface area contributed by atoms with Crippen molar-refractivity contribution in [3.05, 3.63) is 89.9 Å². The number of nitrogens with one attached hydrogen (secondary N) is 2. The van der Waals surface area contributed by atoms with Gasteiger partial charge in [-0.3, -0.25) is 9.89 Å². The van der Waals surface area contributed by atoms with Crippen molar-refractivity contribution < 1.29 is 9.53 Å². The molecule has 2 N–H and O–H groups in total. The number of hydrogen-bond donors (Lipinski definition) is 2. The predicted octanol–water partition coefficient (Wildman–Crippen LogP) is 3.24. The molecule has 0 bridgehead atoms. The molecular formula is C23H16N8O2. The van der Waals surface area contributed by atoms with Crippen LogP contribution in [0.25, 0.3) is 16.6 Å². The van der Waals surface area contributed by atoms with Gasteiger partial charge in [0.2, 0.25) is 0 Å². The van der Waals surface area contributed by atoms with Gasteiger partial charge in [-0.2, -0.15) is 15.0 Å². The fourth-order valence-electron chi connectivity index (χ4n) is 3.35. The Bertz CT molecular complexity index is 1480. The molecule has 0 saturated heterocycles. The van der Waals surface area contributed by atoms with Crippen molar-refractivity contribution in [1.82, 2.24) is 30.4 Å². The average Bonchev–Trinajstić information content (AvgIpc) is 3.55. The van der Waals surface area contributed by atoms with Crippen molar-refractivity contribution in [3.63, 3.8) is 0 Å². The van der Waals surface area contributed by atoms with Crippen LogP contribution >= 0.6 is 0 Å². The van der Waals surface area contributed by atoms with Gasteiger partial charge in [0, 0.05) is 16.6 Å². The van der Waals surface area contributed by atoms with Crippen LogP contribution in [0.15, 0.2) is 73.2 Å². The number of amides is 1. The third-order valence-corrected chi connectivity index (χ3v) is 4.97. The Morgan fingerprint density at radius 3 is 2.94 bits per heavy atom. The molecule has 0 fully saturated rings. The SMILES string of the molecule is N#Cc1cccc(COc2ccc(NC(=O)c3ccc4[nH]ncc4c3)cc2-n2cnnn2)c1. The summed E-state index contributed by atoms with van der Waals surface area (Å²) in [6.07, 6.45) is 3.11. The van der Waals surface area contributed by atoms with E-state index in [1.54, 1.807) is 54.7 Å². The molecule has 0 spiro atoms. The normalized spacial score (nSPS) is 10.6. The van der Waals surface area contributed by atoms with Crippen LogP contribution in [-0.4, -0.2) is 36.3 Å². The number of tetrazole rings is 1. The summed E-state index contributed by atoms with van der Waals surface area (Å²) in [5, 5.41) is 31.0. The summed E-state index contributed by atoms with van der Waals surface area (Å²) in [4.78, 5) is 12.8. The lowest BCUT2D eigenvalue weighted by Crippen LogP contribution is -2.12. The highest BCUT2D eigenvalue weighted by molar-refractivity contribution is 6.06. The summed E-state index contributed by atoms with van der Waals surface area (Å²) < 4.78 is 7.43. The number of anilines is 1. The molecular weight excluding hydrogens is 420 g/mol. The second-order valence-electron chi connectivity index (χ2n) is 7.16. The van der Waals surface area contributed by atoms with Crippen molar-refractivity contribution in [2.24, 2.45) is 0 Å². The molecule has 0 unspecified atom stereocenters. The van der Waals surface area contributed by atoms with E-state index >= 15 is 0 Å². The highest BCUT2D eigenvalue weighted by Gasteiger charge is 2.13. The van der Waals surface area contributed by atoms with E-state index in [4.69, 9.17) is 10.00 Å². The standard InChI is InChI=1S/C23H16N8O2/c24-11-15-2-1-3-16(8-15)13-33-22-7-5-19(10-21(22)31-14-26-29-30-31)27-23(32)17-4-6-20-18(9-17)12-25-28-20/h1-10,12,14H,13H2,(H,25,28)(H,27,32). The second-order valence-corrected chi connectivity index (χ2v) is 7.16. The lowest BCUT2D eigenvalue weighted by atomic mass is 10.1. The third kappa shape index (κ3) is 4.24. The summed E-state index contributed by atoms with van der Waals surface area (Å²) >= 11 is 0. The monoisotopic (exact) mass is 436 g/mol. The maximum atomic E-state index is 12.8. The minimum atomic E-state index is -0.261. The van der Waals surface area contributed by atoms with Crippen LogP contribution in [0.4, 0.5) is 5.69 Å². The van der Waals surface area contributed by atoms with Gasteiger partial charge in [-0.25, -0.2) is 0 Å². The fraction of sp³-hybridized carbons (Fsp3) is 0.0435. The molecule has 5 aromatic rings. The van der Waals surface area contributed by atoms with E-state index in [0.717, 1.165) is 16.5 Å². The minimum Gasteiger partial charge on any atom is -0.487 e. The molecule has 5 rings (SSSR count). The number of fused-ring (bicyclic) bond motifs is 1. The molecule has 33 heavy (non-hydrogen) atoms. The minimum absolute atomic E-state index is 0.251.